The molecule has 10 nitrogen and oxygen atoms in total. The smallest absolute Gasteiger partial charge is 0.329 e. The Morgan fingerprint density at radius 1 is 1.00 bits per heavy atom. The van der Waals surface area contributed by atoms with Gasteiger partial charge in [0.05, 0.1) is 18.2 Å². The van der Waals surface area contributed by atoms with Crippen molar-refractivity contribution in [3.63, 3.8) is 0 Å². The molecule has 2 saturated heterocycles. The summed E-state index contributed by atoms with van der Waals surface area (Å²) >= 11 is 0. The van der Waals surface area contributed by atoms with Crippen LogP contribution in [-0.4, -0.2) is 87.9 Å². The average molecular weight is 412 g/mol. The third-order valence-electron chi connectivity index (χ3n) is 5.58. The number of nitrogens with two attached hydrogens (primary N) is 2. The molecule has 0 saturated carbocycles. The van der Waals surface area contributed by atoms with Gasteiger partial charge < -0.3 is 31.1 Å². The van der Waals surface area contributed by atoms with Crippen molar-refractivity contribution in [3.05, 3.63) is 0 Å². The van der Waals surface area contributed by atoms with E-state index in [1.807, 2.05) is 6.92 Å². The SMILES string of the molecule is CC(=O)[C@@H]1C[C@@H](O)CN1C(=O)[C@@H](N)[C@H](C)OC(=O)[C@@H]1C[C@H](C)CN1C(=O)[C@H](C)N. The minimum atomic E-state index is -1.19. The monoisotopic (exact) mass is 412 g/mol. The largest absolute Gasteiger partial charge is 0.459 e. The van der Waals surface area contributed by atoms with Crippen LogP contribution in [0.15, 0.2) is 0 Å². The first-order chi connectivity index (χ1) is 13.4. The molecule has 0 aromatic heterocycles. The van der Waals surface area contributed by atoms with Crippen molar-refractivity contribution in [2.24, 2.45) is 17.4 Å². The number of rotatable bonds is 6. The number of aliphatic hydroxyl groups excluding tert-OH is 1. The molecule has 0 aromatic carbocycles. The normalized spacial score (nSPS) is 30.0. The highest BCUT2D eigenvalue weighted by Crippen LogP contribution is 2.25. The lowest BCUT2D eigenvalue weighted by Gasteiger charge is -2.30. The summed E-state index contributed by atoms with van der Waals surface area (Å²) in [5.41, 5.74) is 11.7. The molecule has 2 aliphatic heterocycles. The van der Waals surface area contributed by atoms with E-state index in [0.29, 0.717) is 13.0 Å². The number of aliphatic hydroxyl groups is 1. The second kappa shape index (κ2) is 9.19. The second-order valence-corrected chi connectivity index (χ2v) is 8.31. The molecule has 5 N–H and O–H groups in total. The lowest BCUT2D eigenvalue weighted by molar-refractivity contribution is -0.160. The number of carbonyl (C=O) groups excluding carboxylic acids is 4. The first-order valence-corrected chi connectivity index (χ1v) is 9.95. The zero-order valence-electron chi connectivity index (χ0n) is 17.4. The van der Waals surface area contributed by atoms with Crippen molar-refractivity contribution in [1.29, 1.82) is 0 Å². The van der Waals surface area contributed by atoms with Crippen LogP contribution >= 0.6 is 0 Å². The number of nitrogens with zero attached hydrogens (tertiary/aromatic N) is 2. The standard InChI is InChI=1S/C19H32N4O6/c1-9-5-15(22(7-9)17(26)10(2)20)19(28)29-12(4)16(21)18(27)23-8-13(25)6-14(23)11(3)24/h9-10,12-16,25H,5-8,20-21H2,1-4H3/t9-,10-,12-,13+,14-,15-,16-/m0/s1. The number of amides is 2. The molecule has 0 aliphatic carbocycles. The van der Waals surface area contributed by atoms with Gasteiger partial charge in [0.25, 0.3) is 0 Å². The number of β-amino-alcohol motifs (C(OH)–C–C–N with tert-alkyl or cyclic N) is 1. The molecule has 0 spiro atoms. The summed E-state index contributed by atoms with van der Waals surface area (Å²) in [7, 11) is 0. The quantitative estimate of drug-likeness (QED) is 0.440. The van der Waals surface area contributed by atoms with Gasteiger partial charge in [-0.05, 0) is 33.1 Å². The molecule has 0 bridgehead atoms. The Hall–Kier alpha value is -2.04. The molecule has 2 amide bonds. The molecule has 0 unspecified atom stereocenters. The van der Waals surface area contributed by atoms with E-state index in [4.69, 9.17) is 16.2 Å². The maximum atomic E-state index is 12.7. The van der Waals surface area contributed by atoms with Crippen LogP contribution in [0.25, 0.3) is 0 Å². The van der Waals surface area contributed by atoms with Gasteiger partial charge in [0, 0.05) is 19.5 Å². The summed E-state index contributed by atoms with van der Waals surface area (Å²) in [6.07, 6.45) is -1.16. The first kappa shape index (κ1) is 23.2. The third-order valence-corrected chi connectivity index (χ3v) is 5.58. The van der Waals surface area contributed by atoms with Crippen LogP contribution in [0.5, 0.6) is 0 Å². The van der Waals surface area contributed by atoms with E-state index in [-0.39, 0.29) is 30.6 Å². The fourth-order valence-corrected chi connectivity index (χ4v) is 3.94. The van der Waals surface area contributed by atoms with Gasteiger partial charge in [0.15, 0.2) is 5.78 Å². The lowest BCUT2D eigenvalue weighted by Crippen LogP contribution is -2.54. The van der Waals surface area contributed by atoms with E-state index in [9.17, 15) is 24.3 Å². The van der Waals surface area contributed by atoms with Crippen LogP contribution < -0.4 is 11.5 Å². The van der Waals surface area contributed by atoms with E-state index >= 15 is 0 Å². The molecule has 29 heavy (non-hydrogen) atoms. The summed E-state index contributed by atoms with van der Waals surface area (Å²) in [5.74, 6) is -1.66. The second-order valence-electron chi connectivity index (χ2n) is 8.31. The number of hydrogen-bond donors (Lipinski definition) is 3. The van der Waals surface area contributed by atoms with Crippen LogP contribution in [-0.2, 0) is 23.9 Å². The zero-order valence-corrected chi connectivity index (χ0v) is 17.4. The number of esters is 1. The van der Waals surface area contributed by atoms with Crippen LogP contribution in [0.3, 0.4) is 0 Å². The van der Waals surface area contributed by atoms with Crippen LogP contribution in [0, 0.1) is 5.92 Å². The van der Waals surface area contributed by atoms with Crippen molar-refractivity contribution in [2.75, 3.05) is 13.1 Å². The Bertz CT molecular complexity index is 669. The predicted molar refractivity (Wildman–Crippen MR) is 103 cm³/mol. The Labute approximate surface area is 170 Å². The summed E-state index contributed by atoms with van der Waals surface area (Å²) in [6.45, 7) is 6.74. The molecule has 2 aliphatic rings. The van der Waals surface area contributed by atoms with Crippen molar-refractivity contribution < 1.29 is 29.0 Å². The van der Waals surface area contributed by atoms with Gasteiger partial charge in [-0.3, -0.25) is 14.4 Å². The number of Topliss-reactive ketones (excluding diaryl/α,β-unsaturated/α-hetero) is 1. The van der Waals surface area contributed by atoms with Gasteiger partial charge in [0.2, 0.25) is 11.8 Å². The van der Waals surface area contributed by atoms with Gasteiger partial charge in [-0.15, -0.1) is 0 Å². The van der Waals surface area contributed by atoms with Gasteiger partial charge >= 0.3 is 5.97 Å². The molecule has 2 rings (SSSR count). The Balaban J connectivity index is 2.03. The Kier molecular flexibility index (Phi) is 7.36. The van der Waals surface area contributed by atoms with E-state index < -0.39 is 48.3 Å². The van der Waals surface area contributed by atoms with Gasteiger partial charge in [-0.25, -0.2) is 4.79 Å². The molecule has 164 valence electrons. The minimum absolute atomic E-state index is 0.00819. The van der Waals surface area contributed by atoms with Gasteiger partial charge in [-0.1, -0.05) is 6.92 Å². The minimum Gasteiger partial charge on any atom is -0.459 e. The summed E-state index contributed by atoms with van der Waals surface area (Å²) < 4.78 is 5.41. The molecule has 0 aromatic rings. The van der Waals surface area contributed by atoms with Crippen LogP contribution in [0.4, 0.5) is 0 Å². The molecule has 2 heterocycles. The fraction of sp³-hybridized carbons (Fsp3) is 0.789. The maximum Gasteiger partial charge on any atom is 0.329 e. The molecular formula is C19H32N4O6. The fourth-order valence-electron chi connectivity index (χ4n) is 3.94. The van der Waals surface area contributed by atoms with Crippen molar-refractivity contribution in [3.8, 4) is 0 Å². The van der Waals surface area contributed by atoms with Gasteiger partial charge in [-0.2, -0.15) is 0 Å². The summed E-state index contributed by atoms with van der Waals surface area (Å²) in [6, 6.07) is -3.43. The molecule has 7 atom stereocenters. The van der Waals surface area contributed by atoms with E-state index in [0.717, 1.165) is 0 Å². The number of likely N-dealkylation sites (tertiary alicyclic amines) is 2. The van der Waals surface area contributed by atoms with Gasteiger partial charge in [0.1, 0.15) is 18.2 Å². The van der Waals surface area contributed by atoms with Crippen LogP contribution in [0.2, 0.25) is 0 Å². The molecule has 2 fully saturated rings. The van der Waals surface area contributed by atoms with E-state index in [2.05, 4.69) is 0 Å². The third kappa shape index (κ3) is 5.12. The average Bonchev–Trinajstić information content (AvgIpc) is 3.22. The lowest BCUT2D eigenvalue weighted by atomic mass is 10.1. The number of hydrogen-bond acceptors (Lipinski definition) is 8. The highest BCUT2D eigenvalue weighted by atomic mass is 16.5. The maximum absolute atomic E-state index is 12.7. The topological polar surface area (TPSA) is 156 Å². The van der Waals surface area contributed by atoms with E-state index in [1.54, 1.807) is 6.92 Å². The summed E-state index contributed by atoms with van der Waals surface area (Å²) in [5, 5.41) is 9.81. The number of ether oxygens (including phenoxy) is 1. The molecule has 0 radical (unpaired) electrons. The first-order valence-electron chi connectivity index (χ1n) is 9.95. The highest BCUT2D eigenvalue weighted by molar-refractivity contribution is 5.91. The van der Waals surface area contributed by atoms with E-state index in [1.165, 1.54) is 23.6 Å². The Morgan fingerprint density at radius 3 is 2.14 bits per heavy atom. The number of ketones is 1. The molecular weight excluding hydrogens is 380 g/mol. The zero-order chi connectivity index (χ0) is 22.0. The number of carbonyl (C=O) groups is 4. The molecule has 10 heteroatoms. The van der Waals surface area contributed by atoms with Crippen LogP contribution in [0.1, 0.15) is 40.5 Å². The highest BCUT2D eigenvalue weighted by Gasteiger charge is 2.43. The van der Waals surface area contributed by atoms with Crippen molar-refractivity contribution >= 4 is 23.6 Å². The van der Waals surface area contributed by atoms with Crippen molar-refractivity contribution in [1.82, 2.24) is 9.80 Å². The summed E-state index contributed by atoms with van der Waals surface area (Å²) in [4.78, 5) is 52.1. The van der Waals surface area contributed by atoms with Crippen molar-refractivity contribution in [2.45, 2.75) is 76.9 Å². The predicted octanol–water partition coefficient (Wildman–Crippen LogP) is -1.62. The Morgan fingerprint density at radius 2 is 1.59 bits per heavy atom.